The summed E-state index contributed by atoms with van der Waals surface area (Å²) in [5.74, 6) is 0.133. The van der Waals surface area contributed by atoms with Gasteiger partial charge in [0.05, 0.1) is 4.92 Å². The number of nitro groups is 1. The first-order valence-corrected chi connectivity index (χ1v) is 9.96. The van der Waals surface area contributed by atoms with E-state index in [9.17, 15) is 14.9 Å². The molecule has 3 aromatic carbocycles. The summed E-state index contributed by atoms with van der Waals surface area (Å²) in [6.07, 6.45) is 1.61. The number of nitrogens with zero attached hydrogens (tertiary/aromatic N) is 2. The van der Waals surface area contributed by atoms with Crippen molar-refractivity contribution in [2.45, 2.75) is 20.5 Å². The molecule has 0 aromatic heterocycles. The molecule has 0 aliphatic carbocycles. The Balaban J connectivity index is 1.59. The van der Waals surface area contributed by atoms with Gasteiger partial charge in [-0.2, -0.15) is 0 Å². The van der Waals surface area contributed by atoms with Crippen molar-refractivity contribution in [3.8, 4) is 5.75 Å². The molecule has 0 atom stereocenters. The number of esters is 1. The predicted octanol–water partition coefficient (Wildman–Crippen LogP) is 5.14. The molecule has 3 aromatic rings. The largest absolute Gasteiger partial charge is 0.488 e. The number of benzene rings is 3. The lowest BCUT2D eigenvalue weighted by Crippen LogP contribution is -2.06. The van der Waals surface area contributed by atoms with Gasteiger partial charge >= 0.3 is 5.97 Å². The van der Waals surface area contributed by atoms with Gasteiger partial charge in [-0.25, -0.2) is 9.79 Å². The summed E-state index contributed by atoms with van der Waals surface area (Å²) >= 11 is 0. The van der Waals surface area contributed by atoms with Gasteiger partial charge in [0.25, 0.3) is 5.69 Å². The summed E-state index contributed by atoms with van der Waals surface area (Å²) in [5.41, 5.74) is 3.97. The van der Waals surface area contributed by atoms with Crippen molar-refractivity contribution >= 4 is 23.6 Å². The third-order valence-electron chi connectivity index (χ3n) is 5.12. The average molecular weight is 428 g/mol. The number of nitro benzene ring substituents is 1. The monoisotopic (exact) mass is 428 g/mol. The van der Waals surface area contributed by atoms with Gasteiger partial charge in [-0.15, -0.1) is 0 Å². The molecule has 4 rings (SSSR count). The summed E-state index contributed by atoms with van der Waals surface area (Å²) in [7, 11) is 0. The van der Waals surface area contributed by atoms with E-state index >= 15 is 0 Å². The molecule has 32 heavy (non-hydrogen) atoms. The van der Waals surface area contributed by atoms with Crippen LogP contribution in [0.1, 0.15) is 27.8 Å². The van der Waals surface area contributed by atoms with Crippen molar-refractivity contribution in [2.75, 3.05) is 0 Å². The molecule has 1 aliphatic rings. The molecule has 0 saturated heterocycles. The minimum absolute atomic E-state index is 0.00540. The highest BCUT2D eigenvalue weighted by molar-refractivity contribution is 6.13. The number of aliphatic imine (C=N–C) groups is 1. The Bertz CT molecular complexity index is 1280. The van der Waals surface area contributed by atoms with E-state index in [-0.39, 0.29) is 17.3 Å². The van der Waals surface area contributed by atoms with Crippen molar-refractivity contribution in [2.24, 2.45) is 4.99 Å². The molecule has 1 aliphatic heterocycles. The van der Waals surface area contributed by atoms with Gasteiger partial charge in [-0.3, -0.25) is 10.1 Å². The van der Waals surface area contributed by atoms with E-state index in [1.54, 1.807) is 19.1 Å². The fraction of sp³-hybridized carbons (Fsp3) is 0.120. The molecule has 0 fully saturated rings. The summed E-state index contributed by atoms with van der Waals surface area (Å²) in [6, 6.07) is 19.8. The first kappa shape index (κ1) is 21.0. The summed E-state index contributed by atoms with van der Waals surface area (Å²) in [4.78, 5) is 27.3. The molecule has 7 heteroatoms. The van der Waals surface area contributed by atoms with Crippen LogP contribution in [0.2, 0.25) is 0 Å². The van der Waals surface area contributed by atoms with Crippen LogP contribution in [0, 0.1) is 24.0 Å². The number of carbonyl (C=O) groups is 1. The molecule has 0 saturated carbocycles. The summed E-state index contributed by atoms with van der Waals surface area (Å²) in [5, 5.41) is 11.0. The number of aryl methyl sites for hydroxylation is 2. The lowest BCUT2D eigenvalue weighted by molar-refractivity contribution is -0.385. The molecule has 7 nitrogen and oxygen atoms in total. The number of ether oxygens (including phenoxy) is 2. The zero-order valence-corrected chi connectivity index (χ0v) is 17.6. The quantitative estimate of drug-likeness (QED) is 0.235. The smallest absolute Gasteiger partial charge is 0.363 e. The van der Waals surface area contributed by atoms with Crippen molar-refractivity contribution < 1.29 is 19.2 Å². The summed E-state index contributed by atoms with van der Waals surface area (Å²) < 4.78 is 11.3. The lowest BCUT2D eigenvalue weighted by Gasteiger charge is -2.11. The fourth-order valence-electron chi connectivity index (χ4n) is 3.33. The van der Waals surface area contributed by atoms with E-state index in [2.05, 4.69) is 4.99 Å². The second-order valence-corrected chi connectivity index (χ2v) is 7.35. The maximum absolute atomic E-state index is 12.4. The highest BCUT2D eigenvalue weighted by Crippen LogP contribution is 2.27. The zero-order chi connectivity index (χ0) is 22.7. The molecule has 0 unspecified atom stereocenters. The van der Waals surface area contributed by atoms with Crippen LogP contribution < -0.4 is 4.74 Å². The van der Waals surface area contributed by atoms with E-state index in [0.29, 0.717) is 29.0 Å². The number of carbonyl (C=O) groups excluding carboxylic acids is 1. The average Bonchev–Trinajstić information content (AvgIpc) is 3.14. The van der Waals surface area contributed by atoms with E-state index < -0.39 is 10.9 Å². The van der Waals surface area contributed by atoms with Crippen LogP contribution in [0.25, 0.3) is 6.08 Å². The second kappa shape index (κ2) is 8.85. The van der Waals surface area contributed by atoms with Gasteiger partial charge in [0.15, 0.2) is 5.70 Å². The first-order valence-electron chi connectivity index (χ1n) is 9.96. The Kier molecular flexibility index (Phi) is 5.81. The van der Waals surface area contributed by atoms with E-state index in [1.807, 2.05) is 55.5 Å². The Morgan fingerprint density at radius 3 is 2.53 bits per heavy atom. The fourth-order valence-corrected chi connectivity index (χ4v) is 3.33. The number of para-hydroxylation sites is 1. The van der Waals surface area contributed by atoms with Crippen molar-refractivity contribution in [1.82, 2.24) is 0 Å². The maximum Gasteiger partial charge on any atom is 0.363 e. The number of rotatable bonds is 6. The SMILES string of the molecule is Cc1ccccc1COc1ccccc1/C=C1\N=C(c2ccc([N+](=O)[O-])c(C)c2)OC1=O. The van der Waals surface area contributed by atoms with Crippen LogP contribution in [0.4, 0.5) is 5.69 Å². The number of hydrogen-bond acceptors (Lipinski definition) is 6. The van der Waals surface area contributed by atoms with Crippen molar-refractivity contribution in [3.05, 3.63) is 110 Å². The van der Waals surface area contributed by atoms with Crippen LogP contribution in [0.15, 0.2) is 77.4 Å². The lowest BCUT2D eigenvalue weighted by atomic mass is 10.1. The van der Waals surface area contributed by atoms with Crippen LogP contribution >= 0.6 is 0 Å². The third kappa shape index (κ3) is 4.41. The van der Waals surface area contributed by atoms with Crippen LogP contribution in [-0.2, 0) is 16.1 Å². The number of hydrogen-bond donors (Lipinski definition) is 0. The van der Waals surface area contributed by atoms with Gasteiger partial charge in [-0.05, 0) is 49.2 Å². The van der Waals surface area contributed by atoms with E-state index in [1.165, 1.54) is 12.1 Å². The third-order valence-corrected chi connectivity index (χ3v) is 5.12. The highest BCUT2D eigenvalue weighted by atomic mass is 16.6. The molecular formula is C25H20N2O5. The Morgan fingerprint density at radius 1 is 1.03 bits per heavy atom. The van der Waals surface area contributed by atoms with Gasteiger partial charge in [0.2, 0.25) is 5.90 Å². The standard InChI is InChI=1S/C25H20N2O5/c1-16-7-3-4-9-20(16)15-31-23-10-6-5-8-18(23)14-21-25(28)32-24(26-21)19-11-12-22(27(29)30)17(2)13-19/h3-14H,15H2,1-2H3/b21-14-. The Hall–Kier alpha value is -4.26. The molecular weight excluding hydrogens is 408 g/mol. The van der Waals surface area contributed by atoms with Gasteiger partial charge in [0, 0.05) is 22.8 Å². The Morgan fingerprint density at radius 2 is 1.78 bits per heavy atom. The van der Waals surface area contributed by atoms with Gasteiger partial charge in [-0.1, -0.05) is 42.5 Å². The normalized spacial score (nSPS) is 14.2. The Labute approximate surface area is 184 Å². The molecule has 0 amide bonds. The van der Waals surface area contributed by atoms with Gasteiger partial charge in [0.1, 0.15) is 12.4 Å². The molecule has 0 N–H and O–H groups in total. The zero-order valence-electron chi connectivity index (χ0n) is 17.6. The van der Waals surface area contributed by atoms with Crippen molar-refractivity contribution in [1.29, 1.82) is 0 Å². The topological polar surface area (TPSA) is 91.0 Å². The predicted molar refractivity (Wildman–Crippen MR) is 120 cm³/mol. The van der Waals surface area contributed by atoms with Gasteiger partial charge < -0.3 is 9.47 Å². The van der Waals surface area contributed by atoms with Crippen molar-refractivity contribution in [3.63, 3.8) is 0 Å². The molecule has 0 bridgehead atoms. The van der Waals surface area contributed by atoms with Crippen LogP contribution in [-0.4, -0.2) is 16.8 Å². The minimum Gasteiger partial charge on any atom is -0.488 e. The molecule has 1 heterocycles. The minimum atomic E-state index is -0.593. The maximum atomic E-state index is 12.4. The van der Waals surface area contributed by atoms with Crippen LogP contribution in [0.3, 0.4) is 0 Å². The van der Waals surface area contributed by atoms with Crippen LogP contribution in [0.5, 0.6) is 5.75 Å². The van der Waals surface area contributed by atoms with E-state index in [0.717, 1.165) is 11.1 Å². The molecule has 160 valence electrons. The summed E-state index contributed by atoms with van der Waals surface area (Å²) in [6.45, 7) is 4.04. The highest BCUT2D eigenvalue weighted by Gasteiger charge is 2.25. The molecule has 0 radical (unpaired) electrons. The number of cyclic esters (lactones) is 1. The first-order chi connectivity index (χ1) is 15.4. The van der Waals surface area contributed by atoms with E-state index in [4.69, 9.17) is 9.47 Å². The molecule has 0 spiro atoms. The second-order valence-electron chi connectivity index (χ2n) is 7.35.